The fourth-order valence-corrected chi connectivity index (χ4v) is 4.67. The standard InChI is InChI=1S/C19H16ClN3S/c20-19-22-16-9-10-24-17(16)18(23-19)21-15-8-7-12(11-5-6-11)13-3-1-2-4-14(13)15/h1-4,7-8,11H,5-6,9-10H2,(H,21,22,23). The van der Waals surface area contributed by atoms with E-state index in [2.05, 4.69) is 51.7 Å². The zero-order valence-corrected chi connectivity index (χ0v) is 14.6. The molecule has 3 aromatic rings. The summed E-state index contributed by atoms with van der Waals surface area (Å²) in [5.41, 5.74) is 3.61. The molecular formula is C19H16ClN3S. The van der Waals surface area contributed by atoms with E-state index in [0.717, 1.165) is 40.2 Å². The van der Waals surface area contributed by atoms with Gasteiger partial charge in [-0.2, -0.15) is 4.98 Å². The zero-order valence-electron chi connectivity index (χ0n) is 13.1. The summed E-state index contributed by atoms with van der Waals surface area (Å²) in [7, 11) is 0. The molecule has 5 heteroatoms. The summed E-state index contributed by atoms with van der Waals surface area (Å²) in [6, 6.07) is 13.1. The molecule has 1 aromatic heterocycles. The quantitative estimate of drug-likeness (QED) is 0.626. The van der Waals surface area contributed by atoms with E-state index in [1.165, 1.54) is 29.2 Å². The Labute approximate surface area is 149 Å². The number of halogens is 1. The fourth-order valence-electron chi connectivity index (χ4n) is 3.43. The molecule has 0 spiro atoms. The zero-order chi connectivity index (χ0) is 16.1. The second-order valence-corrected chi connectivity index (χ2v) is 7.81. The van der Waals surface area contributed by atoms with Crippen LogP contribution in [-0.2, 0) is 6.42 Å². The van der Waals surface area contributed by atoms with Crippen molar-refractivity contribution in [1.82, 2.24) is 9.97 Å². The van der Waals surface area contributed by atoms with Gasteiger partial charge in [-0.3, -0.25) is 0 Å². The number of nitrogens with zero attached hydrogens (tertiary/aromatic N) is 2. The molecule has 0 amide bonds. The summed E-state index contributed by atoms with van der Waals surface area (Å²) in [6.45, 7) is 0. The topological polar surface area (TPSA) is 37.8 Å². The van der Waals surface area contributed by atoms with Crippen molar-refractivity contribution in [2.24, 2.45) is 0 Å². The molecule has 0 unspecified atom stereocenters. The van der Waals surface area contributed by atoms with Gasteiger partial charge in [0.2, 0.25) is 5.28 Å². The second-order valence-electron chi connectivity index (χ2n) is 6.36. The SMILES string of the molecule is Clc1nc2c(c(Nc3ccc(C4CC4)c4ccccc34)n1)SCC2. The number of thioether (sulfide) groups is 1. The van der Waals surface area contributed by atoms with E-state index in [4.69, 9.17) is 11.6 Å². The minimum absolute atomic E-state index is 0.317. The van der Waals surface area contributed by atoms with Crippen molar-refractivity contribution in [2.45, 2.75) is 30.1 Å². The van der Waals surface area contributed by atoms with Gasteiger partial charge in [0.25, 0.3) is 0 Å². The molecule has 1 aliphatic carbocycles. The molecular weight excluding hydrogens is 338 g/mol. The number of hydrogen-bond donors (Lipinski definition) is 1. The normalized spacial score (nSPS) is 16.4. The Hall–Kier alpha value is -1.78. The number of rotatable bonds is 3. The molecule has 1 aliphatic heterocycles. The Kier molecular flexibility index (Phi) is 3.42. The van der Waals surface area contributed by atoms with E-state index in [9.17, 15) is 0 Å². The lowest BCUT2D eigenvalue weighted by Crippen LogP contribution is -2.01. The first-order chi connectivity index (χ1) is 11.8. The molecule has 1 saturated carbocycles. The average Bonchev–Trinajstić information content (AvgIpc) is 3.32. The van der Waals surface area contributed by atoms with Crippen LogP contribution in [0.2, 0.25) is 5.28 Å². The minimum Gasteiger partial charge on any atom is -0.339 e. The number of fused-ring (bicyclic) bond motifs is 2. The van der Waals surface area contributed by atoms with Crippen LogP contribution in [0.25, 0.3) is 10.8 Å². The van der Waals surface area contributed by atoms with Gasteiger partial charge in [0.1, 0.15) is 5.82 Å². The van der Waals surface area contributed by atoms with Gasteiger partial charge in [0.05, 0.1) is 10.6 Å². The third-order valence-corrected chi connectivity index (χ3v) is 6.02. The van der Waals surface area contributed by atoms with Gasteiger partial charge in [-0.05, 0) is 47.4 Å². The van der Waals surface area contributed by atoms with Crippen molar-refractivity contribution < 1.29 is 0 Å². The predicted octanol–water partition coefficient (Wildman–Crippen LogP) is 5.55. The van der Waals surface area contributed by atoms with Gasteiger partial charge in [-0.15, -0.1) is 11.8 Å². The monoisotopic (exact) mass is 353 g/mol. The van der Waals surface area contributed by atoms with E-state index in [-0.39, 0.29) is 0 Å². The third kappa shape index (κ3) is 2.45. The molecule has 0 radical (unpaired) electrons. The highest BCUT2D eigenvalue weighted by atomic mass is 35.5. The molecule has 2 aliphatic rings. The Bertz CT molecular complexity index is 953. The molecule has 3 nitrogen and oxygen atoms in total. The van der Waals surface area contributed by atoms with Crippen molar-refractivity contribution in [1.29, 1.82) is 0 Å². The van der Waals surface area contributed by atoms with Crippen LogP contribution in [0.3, 0.4) is 0 Å². The summed E-state index contributed by atoms with van der Waals surface area (Å²) in [5, 5.41) is 6.42. The maximum absolute atomic E-state index is 6.12. The fraction of sp³-hybridized carbons (Fsp3) is 0.263. The van der Waals surface area contributed by atoms with Crippen LogP contribution >= 0.6 is 23.4 Å². The van der Waals surface area contributed by atoms with Gasteiger partial charge in [-0.1, -0.05) is 30.3 Å². The molecule has 2 heterocycles. The highest BCUT2D eigenvalue weighted by Crippen LogP contribution is 2.45. The average molecular weight is 354 g/mol. The van der Waals surface area contributed by atoms with Crippen molar-refractivity contribution in [3.63, 3.8) is 0 Å². The first-order valence-electron chi connectivity index (χ1n) is 8.27. The first kappa shape index (κ1) is 14.6. The highest BCUT2D eigenvalue weighted by molar-refractivity contribution is 7.99. The molecule has 0 bridgehead atoms. The van der Waals surface area contributed by atoms with Gasteiger partial charge in [0.15, 0.2) is 0 Å². The van der Waals surface area contributed by atoms with Crippen LogP contribution in [0.15, 0.2) is 41.3 Å². The lowest BCUT2D eigenvalue weighted by molar-refractivity contribution is 0.981. The summed E-state index contributed by atoms with van der Waals surface area (Å²) < 4.78 is 0. The smallest absolute Gasteiger partial charge is 0.224 e. The van der Waals surface area contributed by atoms with Gasteiger partial charge < -0.3 is 5.32 Å². The lowest BCUT2D eigenvalue weighted by atomic mass is 9.99. The first-order valence-corrected chi connectivity index (χ1v) is 9.64. The van der Waals surface area contributed by atoms with Crippen molar-refractivity contribution >= 4 is 45.6 Å². The van der Waals surface area contributed by atoms with E-state index in [1.807, 2.05) is 0 Å². The molecule has 120 valence electrons. The molecule has 0 saturated heterocycles. The van der Waals surface area contributed by atoms with Crippen molar-refractivity contribution in [3.05, 3.63) is 52.9 Å². The van der Waals surface area contributed by atoms with E-state index in [1.54, 1.807) is 11.8 Å². The number of hydrogen-bond acceptors (Lipinski definition) is 4. The highest BCUT2D eigenvalue weighted by Gasteiger charge is 2.26. The molecule has 1 N–H and O–H groups in total. The summed E-state index contributed by atoms with van der Waals surface area (Å²) in [6.07, 6.45) is 3.57. The van der Waals surface area contributed by atoms with Crippen molar-refractivity contribution in [3.8, 4) is 0 Å². The van der Waals surface area contributed by atoms with Crippen LogP contribution in [0.4, 0.5) is 11.5 Å². The van der Waals surface area contributed by atoms with Gasteiger partial charge in [-0.25, -0.2) is 4.98 Å². The van der Waals surface area contributed by atoms with E-state index < -0.39 is 0 Å². The van der Waals surface area contributed by atoms with E-state index in [0.29, 0.717) is 5.28 Å². The maximum atomic E-state index is 6.12. The number of aryl methyl sites for hydroxylation is 1. The summed E-state index contributed by atoms with van der Waals surface area (Å²) in [4.78, 5) is 9.93. The second kappa shape index (κ2) is 5.64. The molecule has 5 rings (SSSR count). The maximum Gasteiger partial charge on any atom is 0.224 e. The third-order valence-electron chi connectivity index (χ3n) is 4.72. The number of aromatic nitrogens is 2. The molecule has 24 heavy (non-hydrogen) atoms. The number of nitrogens with one attached hydrogen (secondary N) is 1. The van der Waals surface area contributed by atoms with Crippen LogP contribution in [-0.4, -0.2) is 15.7 Å². The van der Waals surface area contributed by atoms with Crippen molar-refractivity contribution in [2.75, 3.05) is 11.1 Å². The van der Waals surface area contributed by atoms with Crippen LogP contribution < -0.4 is 5.32 Å². The number of anilines is 2. The minimum atomic E-state index is 0.317. The van der Waals surface area contributed by atoms with Crippen LogP contribution in [0.5, 0.6) is 0 Å². The Morgan fingerprint density at radius 1 is 1.04 bits per heavy atom. The van der Waals surface area contributed by atoms with Crippen LogP contribution in [0.1, 0.15) is 30.0 Å². The molecule has 2 aromatic carbocycles. The molecule has 1 fully saturated rings. The number of benzene rings is 2. The lowest BCUT2D eigenvalue weighted by Gasteiger charge is -2.14. The molecule has 0 atom stereocenters. The predicted molar refractivity (Wildman–Crippen MR) is 101 cm³/mol. The Morgan fingerprint density at radius 3 is 2.71 bits per heavy atom. The van der Waals surface area contributed by atoms with Gasteiger partial charge >= 0.3 is 0 Å². The van der Waals surface area contributed by atoms with Crippen LogP contribution in [0, 0.1) is 0 Å². The largest absolute Gasteiger partial charge is 0.339 e. The van der Waals surface area contributed by atoms with Gasteiger partial charge in [0, 0.05) is 23.2 Å². The summed E-state index contributed by atoms with van der Waals surface area (Å²) >= 11 is 7.92. The Balaban J connectivity index is 1.62. The van der Waals surface area contributed by atoms with E-state index >= 15 is 0 Å². The summed E-state index contributed by atoms with van der Waals surface area (Å²) in [5.74, 6) is 2.61. The Morgan fingerprint density at radius 2 is 1.88 bits per heavy atom.